The molecule has 114 valence electrons. The van der Waals surface area contributed by atoms with Gasteiger partial charge in [-0.25, -0.2) is 13.8 Å². The first kappa shape index (κ1) is 14.3. The van der Waals surface area contributed by atoms with Crippen molar-refractivity contribution in [3.05, 3.63) is 53.6 Å². The quantitative estimate of drug-likeness (QED) is 0.679. The summed E-state index contributed by atoms with van der Waals surface area (Å²) in [5.74, 6) is -2.01. The van der Waals surface area contributed by atoms with Crippen LogP contribution < -0.4 is 5.32 Å². The van der Waals surface area contributed by atoms with Crippen molar-refractivity contribution in [2.24, 2.45) is 0 Å². The third-order valence-corrected chi connectivity index (χ3v) is 2.98. The number of alkyl halides is 3. The third-order valence-electron chi connectivity index (χ3n) is 2.98. The first-order valence-electron chi connectivity index (χ1n) is 6.12. The molecule has 0 bridgehead atoms. The van der Waals surface area contributed by atoms with Gasteiger partial charge in [0.1, 0.15) is 0 Å². The Balaban J connectivity index is 1.93. The molecule has 3 nitrogen and oxygen atoms in total. The van der Waals surface area contributed by atoms with E-state index in [0.717, 1.165) is 24.3 Å². The summed E-state index contributed by atoms with van der Waals surface area (Å²) in [6.07, 6.45) is -4.46. The second-order valence-corrected chi connectivity index (χ2v) is 4.57. The number of aromatic nitrogens is 2. The minimum absolute atomic E-state index is 0.0827. The number of nitrogens with one attached hydrogen (secondary N) is 2. The van der Waals surface area contributed by atoms with Crippen LogP contribution in [0.4, 0.5) is 33.6 Å². The molecule has 0 atom stereocenters. The number of rotatable bonds is 2. The van der Waals surface area contributed by atoms with Crippen LogP contribution in [-0.2, 0) is 6.18 Å². The van der Waals surface area contributed by atoms with Gasteiger partial charge in [-0.15, -0.1) is 0 Å². The summed E-state index contributed by atoms with van der Waals surface area (Å²) in [7, 11) is 0. The fourth-order valence-corrected chi connectivity index (χ4v) is 1.97. The van der Waals surface area contributed by atoms with E-state index in [1.807, 2.05) is 0 Å². The van der Waals surface area contributed by atoms with E-state index in [0.29, 0.717) is 0 Å². The number of fused-ring (bicyclic) bond motifs is 1. The van der Waals surface area contributed by atoms with Crippen molar-refractivity contribution >= 4 is 22.7 Å². The zero-order chi connectivity index (χ0) is 15.9. The lowest BCUT2D eigenvalue weighted by Gasteiger charge is -2.08. The topological polar surface area (TPSA) is 40.7 Å². The predicted octanol–water partition coefficient (Wildman–Crippen LogP) is 4.60. The molecular formula is C14H8F5N3. The minimum atomic E-state index is -4.46. The Labute approximate surface area is 120 Å². The van der Waals surface area contributed by atoms with E-state index in [4.69, 9.17) is 0 Å². The Morgan fingerprint density at radius 3 is 2.45 bits per heavy atom. The second kappa shape index (κ2) is 4.97. The van der Waals surface area contributed by atoms with Gasteiger partial charge in [0.2, 0.25) is 5.95 Å². The van der Waals surface area contributed by atoms with E-state index in [1.54, 1.807) is 0 Å². The number of anilines is 2. The Kier molecular flexibility index (Phi) is 3.23. The normalized spacial score (nSPS) is 11.9. The highest BCUT2D eigenvalue weighted by Gasteiger charge is 2.30. The molecule has 8 heteroatoms. The van der Waals surface area contributed by atoms with Crippen molar-refractivity contribution in [2.45, 2.75) is 6.18 Å². The Morgan fingerprint density at radius 1 is 1.00 bits per heavy atom. The minimum Gasteiger partial charge on any atom is -0.326 e. The van der Waals surface area contributed by atoms with Crippen molar-refractivity contribution in [1.82, 2.24) is 9.97 Å². The summed E-state index contributed by atoms with van der Waals surface area (Å²) in [5, 5.41) is 2.63. The van der Waals surface area contributed by atoms with Crippen LogP contribution >= 0.6 is 0 Å². The van der Waals surface area contributed by atoms with Gasteiger partial charge in [-0.1, -0.05) is 6.07 Å². The van der Waals surface area contributed by atoms with Gasteiger partial charge in [0.15, 0.2) is 11.6 Å². The summed E-state index contributed by atoms with van der Waals surface area (Å²) < 4.78 is 64.1. The largest absolute Gasteiger partial charge is 0.416 e. The Hall–Kier alpha value is -2.64. The average Bonchev–Trinajstić information content (AvgIpc) is 2.80. The number of benzene rings is 2. The number of hydrogen-bond acceptors (Lipinski definition) is 2. The van der Waals surface area contributed by atoms with Gasteiger partial charge < -0.3 is 10.3 Å². The van der Waals surface area contributed by atoms with E-state index in [2.05, 4.69) is 15.3 Å². The molecule has 3 aromatic rings. The van der Waals surface area contributed by atoms with Crippen molar-refractivity contribution in [2.75, 3.05) is 5.32 Å². The molecule has 2 aromatic carbocycles. The average molecular weight is 313 g/mol. The molecule has 0 aliphatic heterocycles. The van der Waals surface area contributed by atoms with Crippen LogP contribution in [0.1, 0.15) is 5.56 Å². The SMILES string of the molecule is Fc1cc2nc(Nc3cccc(C(F)(F)F)c3)[nH]c2cc1F. The second-order valence-electron chi connectivity index (χ2n) is 4.57. The lowest BCUT2D eigenvalue weighted by molar-refractivity contribution is -0.137. The highest BCUT2D eigenvalue weighted by atomic mass is 19.4. The Morgan fingerprint density at radius 2 is 1.73 bits per heavy atom. The molecule has 0 aliphatic rings. The lowest BCUT2D eigenvalue weighted by Crippen LogP contribution is -2.05. The van der Waals surface area contributed by atoms with Gasteiger partial charge in [-0.2, -0.15) is 13.2 Å². The number of hydrogen-bond donors (Lipinski definition) is 2. The molecule has 22 heavy (non-hydrogen) atoms. The first-order valence-corrected chi connectivity index (χ1v) is 6.12. The van der Waals surface area contributed by atoms with E-state index < -0.39 is 23.4 Å². The maximum atomic E-state index is 13.1. The van der Waals surface area contributed by atoms with E-state index in [1.165, 1.54) is 12.1 Å². The fraction of sp³-hybridized carbons (Fsp3) is 0.0714. The summed E-state index contributed by atoms with van der Waals surface area (Å²) in [5.41, 5.74) is -0.276. The standard InChI is InChI=1S/C14H8F5N3/c15-9-5-11-12(6-10(9)16)22-13(21-11)20-8-3-1-2-7(4-8)14(17,18)19/h1-6H,(H2,20,21,22). The summed E-state index contributed by atoms with van der Waals surface area (Å²) in [4.78, 5) is 6.61. The molecule has 0 aliphatic carbocycles. The van der Waals surface area contributed by atoms with E-state index >= 15 is 0 Å². The summed E-state index contributed by atoms with van der Waals surface area (Å²) in [6, 6.07) is 6.34. The molecule has 0 amide bonds. The molecule has 0 spiro atoms. The van der Waals surface area contributed by atoms with Crippen molar-refractivity contribution in [3.8, 4) is 0 Å². The zero-order valence-corrected chi connectivity index (χ0v) is 10.8. The molecular weight excluding hydrogens is 305 g/mol. The van der Waals surface area contributed by atoms with Gasteiger partial charge in [0.05, 0.1) is 16.6 Å². The molecule has 2 N–H and O–H groups in total. The van der Waals surface area contributed by atoms with Crippen LogP contribution in [0.15, 0.2) is 36.4 Å². The van der Waals surface area contributed by atoms with E-state index in [-0.39, 0.29) is 22.7 Å². The molecule has 0 saturated carbocycles. The number of nitrogens with zero attached hydrogens (tertiary/aromatic N) is 1. The Bertz CT molecular complexity index is 799. The number of aromatic amines is 1. The molecule has 0 fully saturated rings. The lowest BCUT2D eigenvalue weighted by atomic mass is 10.2. The molecule has 1 heterocycles. The smallest absolute Gasteiger partial charge is 0.326 e. The summed E-state index contributed by atoms with van der Waals surface area (Å²) >= 11 is 0. The fourth-order valence-electron chi connectivity index (χ4n) is 1.97. The zero-order valence-electron chi connectivity index (χ0n) is 10.8. The maximum absolute atomic E-state index is 13.1. The van der Waals surface area contributed by atoms with Gasteiger partial charge >= 0.3 is 6.18 Å². The van der Waals surface area contributed by atoms with Crippen LogP contribution in [-0.4, -0.2) is 9.97 Å². The van der Waals surface area contributed by atoms with Gasteiger partial charge in [-0.3, -0.25) is 0 Å². The number of halogens is 5. The van der Waals surface area contributed by atoms with Crippen LogP contribution in [0.25, 0.3) is 11.0 Å². The van der Waals surface area contributed by atoms with Crippen molar-refractivity contribution < 1.29 is 22.0 Å². The van der Waals surface area contributed by atoms with Gasteiger partial charge in [0, 0.05) is 17.8 Å². The number of imidazole rings is 1. The molecule has 0 radical (unpaired) electrons. The highest BCUT2D eigenvalue weighted by molar-refractivity contribution is 5.78. The maximum Gasteiger partial charge on any atom is 0.416 e. The summed E-state index contributed by atoms with van der Waals surface area (Å²) in [6.45, 7) is 0. The molecule has 0 unspecified atom stereocenters. The monoisotopic (exact) mass is 313 g/mol. The molecule has 0 saturated heterocycles. The van der Waals surface area contributed by atoms with Crippen LogP contribution in [0.2, 0.25) is 0 Å². The predicted molar refractivity (Wildman–Crippen MR) is 70.7 cm³/mol. The highest BCUT2D eigenvalue weighted by Crippen LogP contribution is 2.31. The van der Waals surface area contributed by atoms with Gasteiger partial charge in [-0.05, 0) is 18.2 Å². The van der Waals surface area contributed by atoms with Gasteiger partial charge in [0.25, 0.3) is 0 Å². The number of H-pyrrole nitrogens is 1. The van der Waals surface area contributed by atoms with Crippen molar-refractivity contribution in [1.29, 1.82) is 0 Å². The molecule has 1 aromatic heterocycles. The van der Waals surface area contributed by atoms with E-state index in [9.17, 15) is 22.0 Å². The van der Waals surface area contributed by atoms with Crippen molar-refractivity contribution in [3.63, 3.8) is 0 Å². The molecule has 3 rings (SSSR count). The van der Waals surface area contributed by atoms with Crippen LogP contribution in [0, 0.1) is 11.6 Å². The third kappa shape index (κ3) is 2.72. The van der Waals surface area contributed by atoms with Crippen LogP contribution in [0.5, 0.6) is 0 Å². The first-order chi connectivity index (χ1) is 10.3. The van der Waals surface area contributed by atoms with Crippen LogP contribution in [0.3, 0.4) is 0 Å².